The summed E-state index contributed by atoms with van der Waals surface area (Å²) in [6.45, 7) is 8.84. The molecule has 0 saturated carbocycles. The molecule has 0 aliphatic heterocycles. The van der Waals surface area contributed by atoms with Gasteiger partial charge in [-0.05, 0) is 23.0 Å². The SMILES string of the molecule is CC(CN(C)C(=O)NCCc1ccc(C(C)(C)C)cc1)C(=O)O. The Morgan fingerprint density at radius 1 is 1.22 bits per heavy atom. The van der Waals surface area contributed by atoms with Crippen molar-refractivity contribution < 1.29 is 14.7 Å². The van der Waals surface area contributed by atoms with E-state index in [4.69, 9.17) is 5.11 Å². The van der Waals surface area contributed by atoms with Crippen LogP contribution in [0.4, 0.5) is 4.79 Å². The summed E-state index contributed by atoms with van der Waals surface area (Å²) in [6.07, 6.45) is 0.748. The summed E-state index contributed by atoms with van der Waals surface area (Å²) in [7, 11) is 1.60. The van der Waals surface area contributed by atoms with Crippen LogP contribution in [-0.4, -0.2) is 42.1 Å². The van der Waals surface area contributed by atoms with Crippen molar-refractivity contribution in [2.24, 2.45) is 5.92 Å². The molecular formula is C18H28N2O3. The molecule has 5 heteroatoms. The third-order valence-electron chi connectivity index (χ3n) is 3.83. The van der Waals surface area contributed by atoms with Gasteiger partial charge in [0.2, 0.25) is 0 Å². The quantitative estimate of drug-likeness (QED) is 0.847. The summed E-state index contributed by atoms with van der Waals surface area (Å²) < 4.78 is 0. The van der Waals surface area contributed by atoms with Crippen LogP contribution in [0.15, 0.2) is 24.3 Å². The van der Waals surface area contributed by atoms with Crippen LogP contribution in [-0.2, 0) is 16.6 Å². The van der Waals surface area contributed by atoms with Gasteiger partial charge in [-0.15, -0.1) is 0 Å². The second-order valence-electron chi connectivity index (χ2n) is 7.05. The number of aliphatic carboxylic acids is 1. The molecule has 0 fully saturated rings. The van der Waals surface area contributed by atoms with Crippen LogP contribution in [0.1, 0.15) is 38.8 Å². The molecule has 0 aromatic heterocycles. The molecule has 2 amide bonds. The van der Waals surface area contributed by atoms with Gasteiger partial charge in [-0.3, -0.25) is 4.79 Å². The van der Waals surface area contributed by atoms with E-state index in [9.17, 15) is 9.59 Å². The van der Waals surface area contributed by atoms with Crippen molar-refractivity contribution >= 4 is 12.0 Å². The summed E-state index contributed by atoms with van der Waals surface area (Å²) >= 11 is 0. The van der Waals surface area contributed by atoms with Crippen LogP contribution >= 0.6 is 0 Å². The number of carboxylic acid groups (broad SMARTS) is 1. The minimum absolute atomic E-state index is 0.135. The highest BCUT2D eigenvalue weighted by molar-refractivity contribution is 5.75. The molecule has 1 aromatic rings. The van der Waals surface area contributed by atoms with Crippen molar-refractivity contribution in [3.05, 3.63) is 35.4 Å². The Balaban J connectivity index is 2.41. The molecule has 0 heterocycles. The largest absolute Gasteiger partial charge is 0.481 e. The lowest BCUT2D eigenvalue weighted by Gasteiger charge is -2.20. The zero-order valence-corrected chi connectivity index (χ0v) is 14.7. The first-order valence-corrected chi connectivity index (χ1v) is 7.92. The van der Waals surface area contributed by atoms with Gasteiger partial charge in [0.25, 0.3) is 0 Å². The molecule has 0 saturated heterocycles. The summed E-state index contributed by atoms with van der Waals surface area (Å²) in [4.78, 5) is 24.1. The van der Waals surface area contributed by atoms with Crippen molar-refractivity contribution in [1.29, 1.82) is 0 Å². The van der Waals surface area contributed by atoms with E-state index in [1.54, 1.807) is 14.0 Å². The van der Waals surface area contributed by atoms with Gasteiger partial charge < -0.3 is 15.3 Å². The Morgan fingerprint density at radius 2 is 1.78 bits per heavy atom. The lowest BCUT2D eigenvalue weighted by molar-refractivity contribution is -0.141. The molecule has 5 nitrogen and oxygen atoms in total. The monoisotopic (exact) mass is 320 g/mol. The van der Waals surface area contributed by atoms with Gasteiger partial charge in [0.15, 0.2) is 0 Å². The molecule has 0 radical (unpaired) electrons. The van der Waals surface area contributed by atoms with Crippen molar-refractivity contribution in [1.82, 2.24) is 10.2 Å². The summed E-state index contributed by atoms with van der Waals surface area (Å²) in [5, 5.41) is 11.7. The van der Waals surface area contributed by atoms with Crippen LogP contribution in [0.3, 0.4) is 0 Å². The molecule has 1 unspecified atom stereocenters. The van der Waals surface area contributed by atoms with Crippen LogP contribution in [0.5, 0.6) is 0 Å². The molecule has 0 aliphatic rings. The number of carbonyl (C=O) groups excluding carboxylic acids is 1. The van der Waals surface area contributed by atoms with E-state index >= 15 is 0 Å². The standard InChI is InChI=1S/C18H28N2O3/c1-13(16(21)22)12-20(5)17(23)19-11-10-14-6-8-15(9-7-14)18(2,3)4/h6-9,13H,10-12H2,1-5H3,(H,19,23)(H,21,22). The van der Waals surface area contributed by atoms with Gasteiger partial charge in [-0.2, -0.15) is 0 Å². The molecule has 23 heavy (non-hydrogen) atoms. The van der Waals surface area contributed by atoms with Gasteiger partial charge in [0.05, 0.1) is 5.92 Å². The average molecular weight is 320 g/mol. The van der Waals surface area contributed by atoms with Crippen LogP contribution in [0.25, 0.3) is 0 Å². The third kappa shape index (κ3) is 6.30. The van der Waals surface area contributed by atoms with E-state index in [0.717, 1.165) is 6.42 Å². The molecule has 2 N–H and O–H groups in total. The van der Waals surface area contributed by atoms with Gasteiger partial charge in [-0.25, -0.2) is 4.79 Å². The molecule has 128 valence electrons. The van der Waals surface area contributed by atoms with Gasteiger partial charge in [0, 0.05) is 20.1 Å². The zero-order chi connectivity index (χ0) is 17.6. The number of carboxylic acids is 1. The van der Waals surface area contributed by atoms with Crippen LogP contribution in [0, 0.1) is 5.92 Å². The number of hydrogen-bond acceptors (Lipinski definition) is 2. The fourth-order valence-electron chi connectivity index (χ4n) is 2.19. The maximum absolute atomic E-state index is 11.9. The molecular weight excluding hydrogens is 292 g/mol. The zero-order valence-electron chi connectivity index (χ0n) is 14.7. The smallest absolute Gasteiger partial charge is 0.317 e. The number of amides is 2. The van der Waals surface area contributed by atoms with Gasteiger partial charge in [-0.1, -0.05) is 52.0 Å². The maximum atomic E-state index is 11.9. The minimum atomic E-state index is -0.899. The predicted octanol–water partition coefficient (Wildman–Crippen LogP) is 2.89. The fraction of sp³-hybridized carbons (Fsp3) is 0.556. The Hall–Kier alpha value is -2.04. The molecule has 0 spiro atoms. The first-order valence-electron chi connectivity index (χ1n) is 7.92. The minimum Gasteiger partial charge on any atom is -0.481 e. The number of hydrogen-bond donors (Lipinski definition) is 2. The Labute approximate surface area is 138 Å². The first-order chi connectivity index (χ1) is 10.6. The fourth-order valence-corrected chi connectivity index (χ4v) is 2.19. The summed E-state index contributed by atoms with van der Waals surface area (Å²) in [6, 6.07) is 8.17. The first kappa shape index (κ1) is 19.0. The number of nitrogens with one attached hydrogen (secondary N) is 1. The molecule has 0 aliphatic carbocycles. The van der Waals surface area contributed by atoms with E-state index < -0.39 is 11.9 Å². The Kier molecular flexibility index (Phi) is 6.61. The molecule has 1 aromatic carbocycles. The van der Waals surface area contributed by atoms with Crippen LogP contribution < -0.4 is 5.32 Å². The number of carbonyl (C=O) groups is 2. The van der Waals surface area contributed by atoms with Crippen molar-refractivity contribution in [2.45, 2.75) is 39.5 Å². The lowest BCUT2D eigenvalue weighted by atomic mass is 9.86. The lowest BCUT2D eigenvalue weighted by Crippen LogP contribution is -2.41. The predicted molar refractivity (Wildman–Crippen MR) is 91.7 cm³/mol. The topological polar surface area (TPSA) is 69.6 Å². The van der Waals surface area contributed by atoms with E-state index in [-0.39, 0.29) is 18.0 Å². The Bertz CT molecular complexity index is 532. The van der Waals surface area contributed by atoms with Gasteiger partial charge >= 0.3 is 12.0 Å². The summed E-state index contributed by atoms with van der Waals surface area (Å²) in [5.74, 6) is -1.47. The number of urea groups is 1. The van der Waals surface area contributed by atoms with E-state index in [1.807, 2.05) is 0 Å². The molecule has 1 rings (SSSR count). The van der Waals surface area contributed by atoms with Crippen molar-refractivity contribution in [2.75, 3.05) is 20.1 Å². The molecule has 1 atom stereocenters. The third-order valence-corrected chi connectivity index (χ3v) is 3.83. The highest BCUT2D eigenvalue weighted by Gasteiger charge is 2.17. The molecule has 0 bridgehead atoms. The highest BCUT2D eigenvalue weighted by atomic mass is 16.4. The van der Waals surface area contributed by atoms with Crippen molar-refractivity contribution in [3.8, 4) is 0 Å². The highest BCUT2D eigenvalue weighted by Crippen LogP contribution is 2.22. The number of nitrogens with zero attached hydrogens (tertiary/aromatic N) is 1. The Morgan fingerprint density at radius 3 is 2.26 bits per heavy atom. The normalized spacial score (nSPS) is 12.6. The summed E-state index contributed by atoms with van der Waals surface area (Å²) in [5.41, 5.74) is 2.59. The maximum Gasteiger partial charge on any atom is 0.317 e. The second kappa shape index (κ2) is 7.99. The number of rotatable bonds is 6. The van der Waals surface area contributed by atoms with E-state index in [2.05, 4.69) is 50.4 Å². The van der Waals surface area contributed by atoms with E-state index in [1.165, 1.54) is 16.0 Å². The van der Waals surface area contributed by atoms with E-state index in [0.29, 0.717) is 6.54 Å². The van der Waals surface area contributed by atoms with Gasteiger partial charge in [0.1, 0.15) is 0 Å². The van der Waals surface area contributed by atoms with Crippen LogP contribution in [0.2, 0.25) is 0 Å². The van der Waals surface area contributed by atoms with Crippen molar-refractivity contribution in [3.63, 3.8) is 0 Å². The average Bonchev–Trinajstić information content (AvgIpc) is 2.46. The second-order valence-corrected chi connectivity index (χ2v) is 7.05. The number of benzene rings is 1.